The fourth-order valence-electron chi connectivity index (χ4n) is 2.92. The molecule has 0 amide bonds. The van der Waals surface area contributed by atoms with Crippen LogP contribution in [0.3, 0.4) is 0 Å². The van der Waals surface area contributed by atoms with Crippen LogP contribution in [-0.4, -0.2) is 75.1 Å². The van der Waals surface area contributed by atoms with E-state index < -0.39 is 0 Å². The van der Waals surface area contributed by atoms with Gasteiger partial charge in [0.1, 0.15) is 0 Å². The van der Waals surface area contributed by atoms with Crippen molar-refractivity contribution in [3.63, 3.8) is 0 Å². The standard InChI is InChI=1S/C18H38N4O2.HI/c1-4-6-16(9-13-23)15-21-18(19-5-2)20-10-11-22(12-14-24-3)17-7-8-17;/h16-17,23H,4-15H2,1-3H3,(H2,19,20,21);1H. The molecular weight excluding hydrogens is 431 g/mol. The van der Waals surface area contributed by atoms with Gasteiger partial charge in [-0.25, -0.2) is 0 Å². The van der Waals surface area contributed by atoms with E-state index in [1.807, 2.05) is 0 Å². The highest BCUT2D eigenvalue weighted by Gasteiger charge is 2.28. The molecule has 0 radical (unpaired) electrons. The third-order valence-electron chi connectivity index (χ3n) is 4.42. The molecule has 6 nitrogen and oxygen atoms in total. The van der Waals surface area contributed by atoms with Crippen LogP contribution in [0.15, 0.2) is 4.99 Å². The van der Waals surface area contributed by atoms with E-state index in [0.717, 1.165) is 70.6 Å². The zero-order chi connectivity index (χ0) is 17.6. The number of nitrogens with zero attached hydrogens (tertiary/aromatic N) is 2. The van der Waals surface area contributed by atoms with Gasteiger partial charge in [-0.05, 0) is 38.5 Å². The summed E-state index contributed by atoms with van der Waals surface area (Å²) in [6.07, 6.45) is 5.73. The number of halogens is 1. The highest BCUT2D eigenvalue weighted by Crippen LogP contribution is 2.25. The molecule has 0 bridgehead atoms. The molecule has 0 aliphatic heterocycles. The highest BCUT2D eigenvalue weighted by atomic mass is 127. The van der Waals surface area contributed by atoms with Crippen LogP contribution in [0.4, 0.5) is 0 Å². The Morgan fingerprint density at radius 3 is 2.56 bits per heavy atom. The maximum absolute atomic E-state index is 9.17. The molecule has 25 heavy (non-hydrogen) atoms. The van der Waals surface area contributed by atoms with Crippen LogP contribution in [0.25, 0.3) is 0 Å². The number of nitrogens with one attached hydrogen (secondary N) is 2. The first kappa shape index (κ1) is 24.9. The molecule has 3 N–H and O–H groups in total. The minimum atomic E-state index is 0. The molecule has 1 fully saturated rings. The molecule has 0 aromatic heterocycles. The van der Waals surface area contributed by atoms with Crippen LogP contribution in [0.2, 0.25) is 0 Å². The summed E-state index contributed by atoms with van der Waals surface area (Å²) in [6, 6.07) is 0.750. The lowest BCUT2D eigenvalue weighted by Crippen LogP contribution is -2.43. The quantitative estimate of drug-likeness (QED) is 0.206. The summed E-state index contributed by atoms with van der Waals surface area (Å²) in [4.78, 5) is 7.22. The Hall–Kier alpha value is -0.120. The molecule has 1 aliphatic carbocycles. The maximum Gasteiger partial charge on any atom is 0.191 e. The number of rotatable bonds is 14. The van der Waals surface area contributed by atoms with Gasteiger partial charge in [0.2, 0.25) is 0 Å². The van der Waals surface area contributed by atoms with Crippen LogP contribution in [-0.2, 0) is 4.74 Å². The average Bonchev–Trinajstić information content (AvgIpc) is 3.40. The Bertz CT molecular complexity index is 335. The van der Waals surface area contributed by atoms with Crippen molar-refractivity contribution in [3.8, 4) is 0 Å². The zero-order valence-corrected chi connectivity index (χ0v) is 18.6. The molecule has 150 valence electrons. The molecule has 1 rings (SSSR count). The Labute approximate surface area is 171 Å². The molecule has 1 unspecified atom stereocenters. The van der Waals surface area contributed by atoms with Gasteiger partial charge < -0.3 is 20.5 Å². The lowest BCUT2D eigenvalue weighted by Gasteiger charge is -2.22. The number of aliphatic hydroxyl groups is 1. The predicted molar refractivity (Wildman–Crippen MR) is 116 cm³/mol. The first-order valence-corrected chi connectivity index (χ1v) is 9.61. The van der Waals surface area contributed by atoms with Crippen molar-refractivity contribution in [1.29, 1.82) is 0 Å². The van der Waals surface area contributed by atoms with Crippen LogP contribution in [0.1, 0.15) is 46.0 Å². The van der Waals surface area contributed by atoms with E-state index in [9.17, 15) is 0 Å². The molecule has 1 aliphatic rings. The van der Waals surface area contributed by atoms with Crippen molar-refractivity contribution in [1.82, 2.24) is 15.5 Å². The van der Waals surface area contributed by atoms with Crippen LogP contribution in [0, 0.1) is 5.92 Å². The van der Waals surface area contributed by atoms with E-state index in [4.69, 9.17) is 14.8 Å². The second kappa shape index (κ2) is 16.1. The summed E-state index contributed by atoms with van der Waals surface area (Å²) in [7, 11) is 1.76. The van der Waals surface area contributed by atoms with E-state index in [0.29, 0.717) is 5.92 Å². The van der Waals surface area contributed by atoms with Gasteiger partial charge in [0.15, 0.2) is 5.96 Å². The zero-order valence-electron chi connectivity index (χ0n) is 16.3. The van der Waals surface area contributed by atoms with Crippen molar-refractivity contribution in [3.05, 3.63) is 0 Å². The van der Waals surface area contributed by atoms with Crippen LogP contribution >= 0.6 is 24.0 Å². The fraction of sp³-hybridized carbons (Fsp3) is 0.944. The lowest BCUT2D eigenvalue weighted by molar-refractivity contribution is 0.144. The predicted octanol–water partition coefficient (Wildman–Crippen LogP) is 2.07. The number of methoxy groups -OCH3 is 1. The van der Waals surface area contributed by atoms with Crippen molar-refractivity contribution >= 4 is 29.9 Å². The molecule has 0 spiro atoms. The van der Waals surface area contributed by atoms with Crippen molar-refractivity contribution in [2.24, 2.45) is 10.9 Å². The summed E-state index contributed by atoms with van der Waals surface area (Å²) in [6.45, 7) is 9.88. The highest BCUT2D eigenvalue weighted by molar-refractivity contribution is 14.0. The first-order valence-electron chi connectivity index (χ1n) is 9.61. The van der Waals surface area contributed by atoms with Gasteiger partial charge in [-0.3, -0.25) is 9.89 Å². The normalized spacial score (nSPS) is 15.8. The SMILES string of the molecule is CCCC(CCO)CN=C(NCC)NCCN(CCOC)C1CC1.I. The Kier molecular flexibility index (Phi) is 16.0. The summed E-state index contributed by atoms with van der Waals surface area (Å²) in [5, 5.41) is 15.9. The van der Waals surface area contributed by atoms with E-state index in [2.05, 4.69) is 29.4 Å². The third-order valence-corrected chi connectivity index (χ3v) is 4.42. The smallest absolute Gasteiger partial charge is 0.191 e. The molecule has 0 saturated heterocycles. The minimum absolute atomic E-state index is 0. The van der Waals surface area contributed by atoms with Gasteiger partial charge in [-0.1, -0.05) is 13.3 Å². The molecule has 7 heteroatoms. The minimum Gasteiger partial charge on any atom is -0.396 e. The average molecular weight is 470 g/mol. The van der Waals surface area contributed by atoms with E-state index in [1.54, 1.807) is 7.11 Å². The Morgan fingerprint density at radius 1 is 1.24 bits per heavy atom. The van der Waals surface area contributed by atoms with Crippen LogP contribution in [0.5, 0.6) is 0 Å². The number of aliphatic hydroxyl groups excluding tert-OH is 1. The number of hydrogen-bond donors (Lipinski definition) is 3. The van der Waals surface area contributed by atoms with Gasteiger partial charge >= 0.3 is 0 Å². The van der Waals surface area contributed by atoms with Gasteiger partial charge in [-0.15, -0.1) is 24.0 Å². The summed E-state index contributed by atoms with van der Waals surface area (Å²) in [5.74, 6) is 1.36. The Morgan fingerprint density at radius 2 is 2.00 bits per heavy atom. The number of guanidine groups is 1. The second-order valence-corrected chi connectivity index (χ2v) is 6.57. The number of aliphatic imine (C=N–C) groups is 1. The van der Waals surface area contributed by atoms with Gasteiger partial charge in [0, 0.05) is 52.5 Å². The van der Waals surface area contributed by atoms with Crippen molar-refractivity contribution in [2.45, 2.75) is 52.0 Å². The third kappa shape index (κ3) is 12.0. The molecular formula is C18H39IN4O2. The monoisotopic (exact) mass is 470 g/mol. The topological polar surface area (TPSA) is 69.1 Å². The van der Waals surface area contributed by atoms with Gasteiger partial charge in [0.05, 0.1) is 6.61 Å². The largest absolute Gasteiger partial charge is 0.396 e. The van der Waals surface area contributed by atoms with E-state index in [1.165, 1.54) is 12.8 Å². The second-order valence-electron chi connectivity index (χ2n) is 6.57. The Balaban J connectivity index is 0.00000576. The molecule has 1 saturated carbocycles. The van der Waals surface area contributed by atoms with E-state index in [-0.39, 0.29) is 30.6 Å². The molecule has 1 atom stereocenters. The lowest BCUT2D eigenvalue weighted by atomic mass is 10.0. The van der Waals surface area contributed by atoms with Crippen molar-refractivity contribution in [2.75, 3.05) is 53.0 Å². The van der Waals surface area contributed by atoms with E-state index >= 15 is 0 Å². The number of ether oxygens (including phenoxy) is 1. The van der Waals surface area contributed by atoms with Gasteiger partial charge in [-0.2, -0.15) is 0 Å². The van der Waals surface area contributed by atoms with Crippen LogP contribution < -0.4 is 10.6 Å². The molecule has 0 aromatic rings. The van der Waals surface area contributed by atoms with Crippen molar-refractivity contribution < 1.29 is 9.84 Å². The summed E-state index contributed by atoms with van der Waals surface area (Å²) >= 11 is 0. The molecule has 0 aromatic carbocycles. The van der Waals surface area contributed by atoms with Gasteiger partial charge in [0.25, 0.3) is 0 Å². The summed E-state index contributed by atoms with van der Waals surface area (Å²) < 4.78 is 5.21. The maximum atomic E-state index is 9.17. The fourth-order valence-corrected chi connectivity index (χ4v) is 2.92. The first-order chi connectivity index (χ1) is 11.7. The molecule has 0 heterocycles. The summed E-state index contributed by atoms with van der Waals surface area (Å²) in [5.41, 5.74) is 0. The number of hydrogen-bond acceptors (Lipinski definition) is 4.